The van der Waals surface area contributed by atoms with Gasteiger partial charge in [-0.2, -0.15) is 0 Å². The van der Waals surface area contributed by atoms with Crippen LogP contribution in [0.4, 0.5) is 25.2 Å². The molecule has 0 bridgehead atoms. The smallest absolute Gasteiger partial charge is 0.407 e. The van der Waals surface area contributed by atoms with Crippen LogP contribution in [0.15, 0.2) is 149 Å². The van der Waals surface area contributed by atoms with Crippen LogP contribution in [0.5, 0.6) is 11.5 Å². The molecule has 3 N–H and O–H groups in total. The summed E-state index contributed by atoms with van der Waals surface area (Å²) < 4.78 is 48.3. The molecule has 19 nitrogen and oxygen atoms in total. The van der Waals surface area contributed by atoms with Gasteiger partial charge < -0.3 is 40.0 Å². The Balaban J connectivity index is 0.000000235. The monoisotopic (exact) mass is 1250 g/mol. The second-order valence-electron chi connectivity index (χ2n) is 23.4. The molecular weight excluding hydrogens is 1170 g/mol. The summed E-state index contributed by atoms with van der Waals surface area (Å²) in [5.74, 6) is 3.30. The number of benzene rings is 4. The molecule has 3 aliphatic heterocycles. The normalized spacial score (nSPS) is 14.2. The highest BCUT2D eigenvalue weighted by Gasteiger charge is 2.36. The van der Waals surface area contributed by atoms with Crippen LogP contribution in [0.25, 0.3) is 11.4 Å². The summed E-state index contributed by atoms with van der Waals surface area (Å²) in [7, 11) is 0. The minimum atomic E-state index is -0.963. The Morgan fingerprint density at radius 2 is 1.25 bits per heavy atom. The zero-order valence-electron chi connectivity index (χ0n) is 51.9. The molecular formula is C71H84F2N12O7. The number of amidine groups is 1. The van der Waals surface area contributed by atoms with E-state index in [1.165, 1.54) is 16.7 Å². The van der Waals surface area contributed by atoms with Gasteiger partial charge in [-0.25, -0.2) is 23.5 Å². The number of rotatable bonds is 19. The first kappa shape index (κ1) is 68.1. The van der Waals surface area contributed by atoms with Gasteiger partial charge in [0.05, 0.1) is 48.7 Å². The molecule has 92 heavy (non-hydrogen) atoms. The number of alkyl carbamates (subject to hydrolysis) is 1. The van der Waals surface area contributed by atoms with Gasteiger partial charge in [0.1, 0.15) is 69.9 Å². The molecule has 484 valence electrons. The Labute approximate surface area is 537 Å². The van der Waals surface area contributed by atoms with Crippen molar-refractivity contribution in [2.24, 2.45) is 4.99 Å². The summed E-state index contributed by atoms with van der Waals surface area (Å²) in [6, 6.07) is 30.7. The number of carbonyl (C=O) groups is 2. The fourth-order valence-corrected chi connectivity index (χ4v) is 11.3. The molecule has 0 aliphatic carbocycles. The van der Waals surface area contributed by atoms with Crippen LogP contribution in [-0.2, 0) is 48.3 Å². The summed E-state index contributed by atoms with van der Waals surface area (Å²) in [5, 5.41) is 9.44. The molecule has 3 aliphatic rings. The first-order valence-corrected chi connectivity index (χ1v) is 30.5. The van der Waals surface area contributed by atoms with Crippen molar-refractivity contribution in [3.63, 3.8) is 0 Å². The molecule has 0 fully saturated rings. The van der Waals surface area contributed by atoms with Crippen molar-refractivity contribution in [3.8, 4) is 22.9 Å². The SMILES string of the molecule is C.C.CCOc1ccc(-n2c([C@@H](CNC(=O)OC(C)(C)C)N(Cc3cccnc3)C(=O)Cc3ccc(F)c(C)c3)nc3c(c2=O)CCCN3)cc1.CCOc1ccc(-n2c([C@H]3CN=C(Cc4ccc(F)c(C)c4)N3Cc3cccnc3)nc3c(c2=O)CCCN3)cc1. The van der Waals surface area contributed by atoms with Crippen LogP contribution in [0.2, 0.25) is 0 Å². The Kier molecular flexibility index (Phi) is 22.8. The minimum Gasteiger partial charge on any atom is -0.494 e. The van der Waals surface area contributed by atoms with Crippen molar-refractivity contribution in [2.45, 2.75) is 133 Å². The number of nitrogens with one attached hydrogen (secondary N) is 3. The summed E-state index contributed by atoms with van der Waals surface area (Å²) in [5.41, 5.74) is 5.73. The van der Waals surface area contributed by atoms with E-state index < -0.39 is 17.7 Å². The van der Waals surface area contributed by atoms with E-state index in [0.29, 0.717) is 109 Å². The predicted molar refractivity (Wildman–Crippen MR) is 355 cm³/mol. The summed E-state index contributed by atoms with van der Waals surface area (Å²) in [6.45, 7) is 15.9. The molecule has 0 spiro atoms. The minimum absolute atomic E-state index is 0. The third-order valence-corrected chi connectivity index (χ3v) is 15.6. The Bertz CT molecular complexity index is 3990. The fraction of sp³-hybridized carbons (Fsp3) is 0.366. The number of pyridine rings is 2. The molecule has 7 heterocycles. The number of amides is 2. The molecule has 2 atom stereocenters. The van der Waals surface area contributed by atoms with E-state index in [0.717, 1.165) is 53.3 Å². The number of hydrogen-bond acceptors (Lipinski definition) is 15. The molecule has 0 unspecified atom stereocenters. The number of anilines is 2. The highest BCUT2D eigenvalue weighted by atomic mass is 19.1. The number of aliphatic imine (C=N–C) groups is 1. The van der Waals surface area contributed by atoms with Gasteiger partial charge in [-0.05, 0) is 180 Å². The molecule has 4 aromatic heterocycles. The highest BCUT2D eigenvalue weighted by Crippen LogP contribution is 2.34. The van der Waals surface area contributed by atoms with E-state index in [1.807, 2.05) is 68.6 Å². The summed E-state index contributed by atoms with van der Waals surface area (Å²) in [4.78, 5) is 83.4. The number of nitrogens with zero attached hydrogens (tertiary/aromatic N) is 9. The summed E-state index contributed by atoms with van der Waals surface area (Å²) >= 11 is 0. The van der Waals surface area contributed by atoms with Crippen LogP contribution >= 0.6 is 0 Å². The molecule has 21 heteroatoms. The molecule has 0 radical (unpaired) electrons. The van der Waals surface area contributed by atoms with Gasteiger partial charge in [-0.1, -0.05) is 51.3 Å². The number of carbonyl (C=O) groups excluding carboxylic acids is 2. The van der Waals surface area contributed by atoms with Crippen LogP contribution in [0.1, 0.15) is 131 Å². The maximum atomic E-state index is 14.5. The first-order valence-electron chi connectivity index (χ1n) is 30.5. The van der Waals surface area contributed by atoms with Crippen molar-refractivity contribution >= 4 is 29.5 Å². The molecule has 8 aromatic rings. The van der Waals surface area contributed by atoms with Crippen molar-refractivity contribution in [1.29, 1.82) is 0 Å². The van der Waals surface area contributed by atoms with E-state index in [-0.39, 0.29) is 74.9 Å². The number of aryl methyl sites for hydroxylation is 2. The van der Waals surface area contributed by atoms with E-state index >= 15 is 0 Å². The topological polar surface area (TPSA) is 212 Å². The number of halogens is 2. The van der Waals surface area contributed by atoms with Gasteiger partial charge in [0.2, 0.25) is 5.91 Å². The van der Waals surface area contributed by atoms with Gasteiger partial charge in [0.25, 0.3) is 11.1 Å². The van der Waals surface area contributed by atoms with Crippen molar-refractivity contribution in [1.82, 2.24) is 44.2 Å². The average molecular weight is 1260 g/mol. The quantitative estimate of drug-likeness (QED) is 0.0687. The van der Waals surface area contributed by atoms with Crippen molar-refractivity contribution in [3.05, 3.63) is 222 Å². The molecule has 0 saturated carbocycles. The second-order valence-corrected chi connectivity index (χ2v) is 23.4. The molecule has 11 rings (SSSR count). The molecule has 0 saturated heterocycles. The lowest BCUT2D eigenvalue weighted by molar-refractivity contribution is -0.134. The maximum absolute atomic E-state index is 14.5. The van der Waals surface area contributed by atoms with Gasteiger partial charge in [-0.3, -0.25) is 38.5 Å². The maximum Gasteiger partial charge on any atom is 0.407 e. The fourth-order valence-electron chi connectivity index (χ4n) is 11.3. The third kappa shape index (κ3) is 16.4. The number of fused-ring (bicyclic) bond motifs is 2. The molecule has 4 aromatic carbocycles. The Morgan fingerprint density at radius 3 is 1.80 bits per heavy atom. The lowest BCUT2D eigenvalue weighted by atomic mass is 10.0. The number of aromatic nitrogens is 6. The van der Waals surface area contributed by atoms with Gasteiger partial charge in [-0.15, -0.1) is 0 Å². The molecule has 2 amide bonds. The van der Waals surface area contributed by atoms with E-state index in [1.54, 1.807) is 111 Å². The average Bonchev–Trinajstić information content (AvgIpc) is 1.27. The lowest BCUT2D eigenvalue weighted by Gasteiger charge is -2.34. The lowest BCUT2D eigenvalue weighted by Crippen LogP contribution is -2.45. The van der Waals surface area contributed by atoms with E-state index in [4.69, 9.17) is 29.2 Å². The van der Waals surface area contributed by atoms with Crippen molar-refractivity contribution < 1.29 is 32.6 Å². The first-order chi connectivity index (χ1) is 43.4. The van der Waals surface area contributed by atoms with E-state index in [9.17, 15) is 28.0 Å². The van der Waals surface area contributed by atoms with Gasteiger partial charge in [0.15, 0.2) is 0 Å². The Morgan fingerprint density at radius 1 is 0.707 bits per heavy atom. The van der Waals surface area contributed by atoms with E-state index in [2.05, 4.69) is 30.8 Å². The zero-order chi connectivity index (χ0) is 63.5. The number of hydrogen-bond donors (Lipinski definition) is 3. The number of ether oxygens (including phenoxy) is 3. The summed E-state index contributed by atoms with van der Waals surface area (Å²) in [6.07, 6.45) is 9.53. The highest BCUT2D eigenvalue weighted by molar-refractivity contribution is 5.86. The van der Waals surface area contributed by atoms with Crippen LogP contribution in [0.3, 0.4) is 0 Å². The second kappa shape index (κ2) is 30.8. The van der Waals surface area contributed by atoms with Crippen LogP contribution < -0.4 is 36.5 Å². The zero-order valence-corrected chi connectivity index (χ0v) is 51.9. The van der Waals surface area contributed by atoms with Crippen LogP contribution in [0, 0.1) is 25.5 Å². The standard InChI is InChI=1S/C37H43FN6O5.C32H33FN6O2.2CH4/c1-6-48-28-14-12-27(13-15-28)44-34(42-33-29(35(44)46)10-8-18-40-33)31(22-41-36(47)49-37(3,4)5)43(23-26-9-7-17-39-21-26)32(45)20-25-11-16-30(38)24(2)19-25;1-3-41-25-11-9-24(10-12-25)39-31(37-30-26(32(39)40)7-5-15-35-30)28-19-36-29(17-22-8-13-27(33)21(2)16-22)38(28)20-23-6-4-14-34-18-23;;/h7,9,11-17,19,21,31,40H,6,8,10,18,20,22-23H2,1-5H3,(H,41,47);4,6,8-14,16,18,28,35H,3,5,7,15,17,19-20H2,1-2H3;2*1H4/t31-;28-;;/m11../s1. The largest absolute Gasteiger partial charge is 0.494 e. The van der Waals surface area contributed by atoms with Crippen molar-refractivity contribution in [2.75, 3.05) is 50.0 Å². The Hall–Kier alpha value is -9.79. The predicted octanol–water partition coefficient (Wildman–Crippen LogP) is 12.0. The van der Waals surface area contributed by atoms with Gasteiger partial charge >= 0.3 is 6.09 Å². The van der Waals surface area contributed by atoms with Crippen LogP contribution in [-0.4, -0.2) is 102 Å². The van der Waals surface area contributed by atoms with Gasteiger partial charge in [0, 0.05) is 63.9 Å². The third-order valence-electron chi connectivity index (χ3n) is 15.6.